The summed E-state index contributed by atoms with van der Waals surface area (Å²) in [5, 5.41) is 2.36. The van der Waals surface area contributed by atoms with Gasteiger partial charge in [0.1, 0.15) is 5.82 Å². The third kappa shape index (κ3) is 6.35. The second kappa shape index (κ2) is 14.2. The second-order valence-corrected chi connectivity index (χ2v) is 16.4. The molecule has 1 aliphatic heterocycles. The van der Waals surface area contributed by atoms with Crippen LogP contribution in [0.15, 0.2) is 140 Å². The molecule has 8 aromatic rings. The van der Waals surface area contributed by atoms with Gasteiger partial charge in [0.2, 0.25) is 0 Å². The van der Waals surface area contributed by atoms with Crippen LogP contribution in [-0.4, -0.2) is 9.55 Å². The maximum atomic E-state index is 4.93. The summed E-state index contributed by atoms with van der Waals surface area (Å²) >= 11 is 0. The van der Waals surface area contributed by atoms with Crippen LogP contribution in [0.25, 0.3) is 38.8 Å². The Kier molecular flexibility index (Phi) is 9.54. The fourth-order valence-corrected chi connectivity index (χ4v) is 8.18. The van der Waals surface area contributed by atoms with Gasteiger partial charge in [-0.1, -0.05) is 107 Å². The number of nitrogens with zero attached hydrogens (tertiary/aromatic N) is 4. The van der Waals surface area contributed by atoms with E-state index in [-0.39, 0.29) is 26.5 Å². The molecule has 1 aliphatic rings. The molecule has 0 aliphatic carbocycles. The summed E-state index contributed by atoms with van der Waals surface area (Å²) in [6, 6.07) is 55.8. The molecule has 5 heteroatoms. The number of pyridine rings is 1. The molecule has 6 aromatic carbocycles. The van der Waals surface area contributed by atoms with Gasteiger partial charge in [-0.2, -0.15) is 41.5 Å². The van der Waals surface area contributed by atoms with Crippen molar-refractivity contribution >= 4 is 44.6 Å². The number of para-hydroxylation sites is 4. The van der Waals surface area contributed by atoms with Gasteiger partial charge >= 0.3 is 0 Å². The minimum absolute atomic E-state index is 0. The third-order valence-corrected chi connectivity index (χ3v) is 11.3. The van der Waals surface area contributed by atoms with Crippen LogP contribution < -0.4 is 9.80 Å². The molecule has 3 heterocycles. The fraction of sp³-hybridized carbons (Fsp3) is 0.176. The molecule has 0 saturated heterocycles. The van der Waals surface area contributed by atoms with Gasteiger partial charge in [-0.15, -0.1) is 29.4 Å². The van der Waals surface area contributed by atoms with Crippen LogP contribution in [0.4, 0.5) is 22.7 Å². The molecule has 282 valence electrons. The predicted molar refractivity (Wildman–Crippen MR) is 230 cm³/mol. The minimum atomic E-state index is -0.462. The molecule has 0 N–H and O–H groups in total. The van der Waals surface area contributed by atoms with Crippen LogP contribution in [0.1, 0.15) is 62.4 Å². The van der Waals surface area contributed by atoms with Crippen molar-refractivity contribution in [3.63, 3.8) is 0 Å². The summed E-state index contributed by atoms with van der Waals surface area (Å²) in [7, 11) is 0. The number of rotatable bonds is 6. The maximum Gasteiger partial charge on any atom is 0.135 e. The quantitative estimate of drug-likeness (QED) is 0.155. The molecule has 0 amide bonds. The van der Waals surface area contributed by atoms with Crippen LogP contribution in [-0.2, 0) is 31.9 Å². The van der Waals surface area contributed by atoms with E-state index in [1.165, 1.54) is 33.2 Å². The van der Waals surface area contributed by atoms with Crippen molar-refractivity contribution in [1.82, 2.24) is 9.55 Å². The molecule has 0 saturated carbocycles. The van der Waals surface area contributed by atoms with Crippen molar-refractivity contribution in [3.05, 3.63) is 186 Å². The van der Waals surface area contributed by atoms with E-state index < -0.39 is 5.41 Å². The monoisotopic (exact) mass is 908 g/mol. The molecule has 2 aromatic heterocycles. The molecular weight excluding hydrogens is 864 g/mol. The Bertz CT molecular complexity index is 2720. The van der Waals surface area contributed by atoms with Gasteiger partial charge in [0.05, 0.1) is 0 Å². The Labute approximate surface area is 345 Å². The Hall–Kier alpha value is -5.44. The molecule has 0 atom stereocenters. The molecule has 56 heavy (non-hydrogen) atoms. The van der Waals surface area contributed by atoms with Crippen molar-refractivity contribution in [2.24, 2.45) is 0 Å². The van der Waals surface area contributed by atoms with Crippen LogP contribution in [0, 0.1) is 32.6 Å². The van der Waals surface area contributed by atoms with Crippen molar-refractivity contribution in [3.8, 4) is 16.9 Å². The summed E-state index contributed by atoms with van der Waals surface area (Å²) in [5.74, 6) is 0.905. The Morgan fingerprint density at radius 3 is 2.02 bits per heavy atom. The van der Waals surface area contributed by atoms with E-state index in [0.29, 0.717) is 0 Å². The van der Waals surface area contributed by atoms with E-state index in [1.807, 2.05) is 6.20 Å². The Morgan fingerprint density at radius 1 is 0.607 bits per heavy atom. The first kappa shape index (κ1) is 37.5. The van der Waals surface area contributed by atoms with E-state index >= 15 is 0 Å². The van der Waals surface area contributed by atoms with Gasteiger partial charge in [-0.3, -0.25) is 0 Å². The Morgan fingerprint density at radius 2 is 1.29 bits per heavy atom. The molecule has 0 fully saturated rings. The fourth-order valence-electron chi connectivity index (χ4n) is 8.18. The smallest absolute Gasteiger partial charge is 0.135 e. The normalized spacial score (nSPS) is 13.0. The van der Waals surface area contributed by atoms with Crippen molar-refractivity contribution < 1.29 is 21.1 Å². The summed E-state index contributed by atoms with van der Waals surface area (Å²) < 4.78 is 2.29. The summed E-state index contributed by atoms with van der Waals surface area (Å²) in [6.07, 6.45) is 1.94. The number of aromatic nitrogens is 2. The first-order chi connectivity index (χ1) is 26.5. The molecule has 0 radical (unpaired) electrons. The van der Waals surface area contributed by atoms with Gasteiger partial charge in [0.25, 0.3) is 0 Å². The standard InChI is InChI=1S/C51H45N4.Pt/c1-34-16-15-17-35(2)49(34)36-28-39(30-41(29-36)54-33-53(40-18-9-8-10-19-40)45-22-13-14-23-46(45)54)51(6,7)38-24-25-43-42-20-11-12-21-44(42)55(47(43)31-38)48-32-37(26-27-52-48)50(3,4)5;/h8-29,32-33H,1-7H3;/q-3;. The number of hydrogen-bond acceptors (Lipinski definition) is 3. The number of benzene rings is 6. The van der Waals surface area contributed by atoms with E-state index in [1.54, 1.807) is 0 Å². The summed E-state index contributed by atoms with van der Waals surface area (Å²) in [6.45, 7) is 18.0. The topological polar surface area (TPSA) is 24.3 Å². The van der Waals surface area contributed by atoms with Gasteiger partial charge in [-0.25, -0.2) is 4.98 Å². The Balaban J connectivity index is 0.00000441. The zero-order valence-electron chi connectivity index (χ0n) is 33.0. The van der Waals surface area contributed by atoms with Crippen molar-refractivity contribution in [2.75, 3.05) is 9.80 Å². The molecule has 0 bridgehead atoms. The first-order valence-corrected chi connectivity index (χ1v) is 19.1. The zero-order chi connectivity index (χ0) is 38.1. The summed E-state index contributed by atoms with van der Waals surface area (Å²) in [4.78, 5) is 9.49. The van der Waals surface area contributed by atoms with E-state index in [4.69, 9.17) is 4.98 Å². The van der Waals surface area contributed by atoms with E-state index in [2.05, 4.69) is 215 Å². The first-order valence-electron chi connectivity index (χ1n) is 19.1. The van der Waals surface area contributed by atoms with Gasteiger partial charge < -0.3 is 14.4 Å². The largest absolute Gasteiger partial charge is 0.493 e. The molecule has 9 rings (SSSR count). The van der Waals surface area contributed by atoms with Gasteiger partial charge in [0.15, 0.2) is 0 Å². The average Bonchev–Trinajstić information content (AvgIpc) is 3.74. The summed E-state index contributed by atoms with van der Waals surface area (Å²) in [5.41, 5.74) is 14.4. The molecular formula is C51H45N4Pt-3. The molecule has 0 unspecified atom stereocenters. The van der Waals surface area contributed by atoms with Crippen LogP contribution in [0.2, 0.25) is 0 Å². The van der Waals surface area contributed by atoms with E-state index in [0.717, 1.165) is 56.1 Å². The molecule has 4 nitrogen and oxygen atoms in total. The number of hydrogen-bond donors (Lipinski definition) is 0. The molecule has 0 spiro atoms. The number of anilines is 4. The average molecular weight is 909 g/mol. The van der Waals surface area contributed by atoms with Gasteiger partial charge in [-0.05, 0) is 94.8 Å². The van der Waals surface area contributed by atoms with E-state index in [9.17, 15) is 0 Å². The SMILES string of the molecule is Cc1cccc(C)c1-c1cc(N2[CH-]N(c3ccccc3)c3ccccc32)[c-]c(C(C)(C)c2[c-]c3c(cc2)c2ccccc2n3-c2cc(C(C)(C)C)ccn2)c1.[Pt]. The minimum Gasteiger partial charge on any atom is -0.493 e. The van der Waals surface area contributed by atoms with Gasteiger partial charge in [0, 0.05) is 49.8 Å². The zero-order valence-corrected chi connectivity index (χ0v) is 35.2. The van der Waals surface area contributed by atoms with Crippen molar-refractivity contribution in [2.45, 2.75) is 59.3 Å². The number of fused-ring (bicyclic) bond motifs is 4. The van der Waals surface area contributed by atoms with Crippen LogP contribution in [0.3, 0.4) is 0 Å². The maximum absolute atomic E-state index is 4.93. The third-order valence-electron chi connectivity index (χ3n) is 11.3. The van der Waals surface area contributed by atoms with Crippen molar-refractivity contribution in [1.29, 1.82) is 0 Å². The second-order valence-electron chi connectivity index (χ2n) is 16.4. The van der Waals surface area contributed by atoms with Crippen LogP contribution >= 0.6 is 0 Å². The van der Waals surface area contributed by atoms with Crippen LogP contribution in [0.5, 0.6) is 0 Å². The number of aryl methyl sites for hydroxylation is 2. The predicted octanol–water partition coefficient (Wildman–Crippen LogP) is 13.1.